The summed E-state index contributed by atoms with van der Waals surface area (Å²) >= 11 is 0. The van der Waals surface area contributed by atoms with E-state index in [-0.39, 0.29) is 11.8 Å². The van der Waals surface area contributed by atoms with Gasteiger partial charge in [0.1, 0.15) is 0 Å². The number of carbonyl (C=O) groups is 1. The zero-order chi connectivity index (χ0) is 12.4. The summed E-state index contributed by atoms with van der Waals surface area (Å²) in [5.74, 6) is 0.415. The van der Waals surface area contributed by atoms with Crippen molar-refractivity contribution in [3.63, 3.8) is 0 Å². The molecule has 1 aromatic carbocycles. The van der Waals surface area contributed by atoms with E-state index >= 15 is 0 Å². The molecular weight excluding hydrogens is 228 g/mol. The van der Waals surface area contributed by atoms with Crippen LogP contribution in [0.3, 0.4) is 0 Å². The van der Waals surface area contributed by atoms with Gasteiger partial charge in [-0.3, -0.25) is 4.79 Å². The van der Waals surface area contributed by atoms with Crippen molar-refractivity contribution in [2.45, 2.75) is 12.8 Å². The third-order valence-corrected chi connectivity index (χ3v) is 3.46. The van der Waals surface area contributed by atoms with Crippen LogP contribution in [0.4, 0.5) is 11.4 Å². The fourth-order valence-electron chi connectivity index (χ4n) is 2.17. The third kappa shape index (κ3) is 2.64. The van der Waals surface area contributed by atoms with Crippen LogP contribution in [0, 0.1) is 5.92 Å². The molecule has 4 nitrogen and oxygen atoms in total. The molecule has 0 unspecified atom stereocenters. The largest absolute Gasteiger partial charge is 0.378 e. The molecule has 1 N–H and O–H groups in total. The maximum atomic E-state index is 11.6. The zero-order valence-electron chi connectivity index (χ0n) is 10.4. The number of anilines is 2. The first-order valence-electron chi connectivity index (χ1n) is 6.56. The molecule has 2 fully saturated rings. The molecule has 1 saturated carbocycles. The van der Waals surface area contributed by atoms with Gasteiger partial charge in [-0.05, 0) is 37.1 Å². The fourth-order valence-corrected chi connectivity index (χ4v) is 2.17. The number of ether oxygens (including phenoxy) is 1. The summed E-state index contributed by atoms with van der Waals surface area (Å²) < 4.78 is 5.33. The monoisotopic (exact) mass is 246 g/mol. The Morgan fingerprint density at radius 3 is 2.44 bits per heavy atom. The molecule has 1 aliphatic heterocycles. The third-order valence-electron chi connectivity index (χ3n) is 3.46. The van der Waals surface area contributed by atoms with Crippen LogP contribution >= 0.6 is 0 Å². The summed E-state index contributed by atoms with van der Waals surface area (Å²) in [6.45, 7) is 3.46. The van der Waals surface area contributed by atoms with Crippen LogP contribution in [0.1, 0.15) is 12.8 Å². The Morgan fingerprint density at radius 2 is 1.83 bits per heavy atom. The molecule has 2 aliphatic rings. The number of hydrogen-bond acceptors (Lipinski definition) is 3. The van der Waals surface area contributed by atoms with Crippen molar-refractivity contribution in [3.8, 4) is 0 Å². The Labute approximate surface area is 107 Å². The van der Waals surface area contributed by atoms with Crippen molar-refractivity contribution in [2.75, 3.05) is 36.5 Å². The van der Waals surface area contributed by atoms with Crippen molar-refractivity contribution < 1.29 is 9.53 Å². The maximum absolute atomic E-state index is 11.6. The molecule has 0 bridgehead atoms. The van der Waals surface area contributed by atoms with Gasteiger partial charge in [-0.2, -0.15) is 0 Å². The fraction of sp³-hybridized carbons (Fsp3) is 0.500. The van der Waals surface area contributed by atoms with Crippen LogP contribution in [0.15, 0.2) is 24.3 Å². The highest BCUT2D eigenvalue weighted by Crippen LogP contribution is 2.30. The number of rotatable bonds is 3. The predicted octanol–water partition coefficient (Wildman–Crippen LogP) is 1.87. The Balaban J connectivity index is 1.62. The highest BCUT2D eigenvalue weighted by molar-refractivity contribution is 5.94. The van der Waals surface area contributed by atoms with Crippen molar-refractivity contribution in [3.05, 3.63) is 24.3 Å². The van der Waals surface area contributed by atoms with Crippen LogP contribution in [0.25, 0.3) is 0 Å². The second-order valence-corrected chi connectivity index (χ2v) is 4.91. The second-order valence-electron chi connectivity index (χ2n) is 4.91. The van der Waals surface area contributed by atoms with E-state index in [2.05, 4.69) is 22.3 Å². The average Bonchev–Trinajstić information content (AvgIpc) is 3.25. The lowest BCUT2D eigenvalue weighted by atomic mass is 10.2. The Kier molecular flexibility index (Phi) is 3.19. The summed E-state index contributed by atoms with van der Waals surface area (Å²) in [5.41, 5.74) is 2.09. The van der Waals surface area contributed by atoms with Gasteiger partial charge in [-0.15, -0.1) is 0 Å². The summed E-state index contributed by atoms with van der Waals surface area (Å²) in [7, 11) is 0. The minimum atomic E-state index is 0.161. The van der Waals surface area contributed by atoms with E-state index in [9.17, 15) is 4.79 Å². The summed E-state index contributed by atoms with van der Waals surface area (Å²) in [4.78, 5) is 13.9. The van der Waals surface area contributed by atoms with Crippen LogP contribution < -0.4 is 10.2 Å². The molecule has 1 aliphatic carbocycles. The highest BCUT2D eigenvalue weighted by atomic mass is 16.5. The summed E-state index contributed by atoms with van der Waals surface area (Å²) in [5, 5.41) is 2.95. The zero-order valence-corrected chi connectivity index (χ0v) is 10.4. The standard InChI is InChI=1S/C14H18N2O2/c17-14(11-1-2-11)15-12-3-5-13(6-4-12)16-7-9-18-10-8-16/h3-6,11H,1-2,7-10H2,(H,15,17). The van der Waals surface area contributed by atoms with Crippen LogP contribution in [-0.4, -0.2) is 32.2 Å². The van der Waals surface area contributed by atoms with Crippen LogP contribution in [0.5, 0.6) is 0 Å². The molecule has 18 heavy (non-hydrogen) atoms. The minimum Gasteiger partial charge on any atom is -0.378 e. The SMILES string of the molecule is O=C(Nc1ccc(N2CCOCC2)cc1)C1CC1. The normalized spacial score (nSPS) is 19.7. The quantitative estimate of drug-likeness (QED) is 0.885. The first-order chi connectivity index (χ1) is 8.83. The number of nitrogens with one attached hydrogen (secondary N) is 1. The lowest BCUT2D eigenvalue weighted by molar-refractivity contribution is -0.117. The molecule has 0 radical (unpaired) electrons. The molecule has 1 amide bonds. The predicted molar refractivity (Wildman–Crippen MR) is 70.8 cm³/mol. The minimum absolute atomic E-state index is 0.161. The van der Waals surface area contributed by atoms with E-state index in [0.29, 0.717) is 0 Å². The van der Waals surface area contributed by atoms with Crippen molar-refractivity contribution in [1.82, 2.24) is 0 Å². The molecule has 96 valence electrons. The molecular formula is C14H18N2O2. The number of nitrogens with zero attached hydrogens (tertiary/aromatic N) is 1. The van der Waals surface area contributed by atoms with Gasteiger partial charge < -0.3 is 15.0 Å². The van der Waals surface area contributed by atoms with Crippen molar-refractivity contribution in [1.29, 1.82) is 0 Å². The lowest BCUT2D eigenvalue weighted by Gasteiger charge is -2.28. The van der Waals surface area contributed by atoms with Crippen LogP contribution in [-0.2, 0) is 9.53 Å². The summed E-state index contributed by atoms with van der Waals surface area (Å²) in [6, 6.07) is 8.08. The van der Waals surface area contributed by atoms with E-state index < -0.39 is 0 Å². The smallest absolute Gasteiger partial charge is 0.227 e. The number of morpholine rings is 1. The van der Waals surface area contributed by atoms with E-state index in [4.69, 9.17) is 4.74 Å². The van der Waals surface area contributed by atoms with Crippen molar-refractivity contribution in [2.24, 2.45) is 5.92 Å². The number of hydrogen-bond donors (Lipinski definition) is 1. The molecule has 0 atom stereocenters. The van der Waals surface area contributed by atoms with E-state index in [0.717, 1.165) is 44.8 Å². The van der Waals surface area contributed by atoms with Gasteiger partial charge in [0.25, 0.3) is 0 Å². The molecule has 4 heteroatoms. The Bertz CT molecular complexity index is 420. The van der Waals surface area contributed by atoms with E-state index in [1.54, 1.807) is 0 Å². The van der Waals surface area contributed by atoms with Gasteiger partial charge >= 0.3 is 0 Å². The van der Waals surface area contributed by atoms with Gasteiger partial charge in [0.15, 0.2) is 0 Å². The first-order valence-corrected chi connectivity index (χ1v) is 6.56. The van der Waals surface area contributed by atoms with Gasteiger partial charge in [0.05, 0.1) is 13.2 Å². The van der Waals surface area contributed by atoms with Crippen LogP contribution in [0.2, 0.25) is 0 Å². The topological polar surface area (TPSA) is 41.6 Å². The van der Waals surface area contributed by atoms with Gasteiger partial charge in [-0.1, -0.05) is 0 Å². The van der Waals surface area contributed by atoms with Crippen molar-refractivity contribution >= 4 is 17.3 Å². The maximum Gasteiger partial charge on any atom is 0.227 e. The average molecular weight is 246 g/mol. The first kappa shape index (κ1) is 11.5. The van der Waals surface area contributed by atoms with E-state index in [1.807, 2.05) is 12.1 Å². The lowest BCUT2D eigenvalue weighted by Crippen LogP contribution is -2.36. The Hall–Kier alpha value is -1.55. The number of benzene rings is 1. The molecule has 0 aromatic heterocycles. The van der Waals surface area contributed by atoms with E-state index in [1.165, 1.54) is 5.69 Å². The Morgan fingerprint density at radius 1 is 1.17 bits per heavy atom. The molecule has 1 saturated heterocycles. The second kappa shape index (κ2) is 4.98. The molecule has 0 spiro atoms. The molecule has 1 heterocycles. The highest BCUT2D eigenvalue weighted by Gasteiger charge is 2.29. The molecule has 3 rings (SSSR count). The molecule has 1 aromatic rings. The van der Waals surface area contributed by atoms with Gasteiger partial charge in [-0.25, -0.2) is 0 Å². The van der Waals surface area contributed by atoms with Gasteiger partial charge in [0.2, 0.25) is 5.91 Å². The summed E-state index contributed by atoms with van der Waals surface area (Å²) in [6.07, 6.45) is 2.08. The number of carbonyl (C=O) groups excluding carboxylic acids is 1. The van der Waals surface area contributed by atoms with Gasteiger partial charge in [0, 0.05) is 30.4 Å². The number of amides is 1.